The minimum Gasteiger partial charge on any atom is -0.327 e. The second-order valence-corrected chi connectivity index (χ2v) is 5.07. The van der Waals surface area contributed by atoms with Crippen molar-refractivity contribution >= 4 is 0 Å². The third-order valence-corrected chi connectivity index (χ3v) is 3.46. The second kappa shape index (κ2) is 3.78. The quantitative estimate of drug-likeness (QED) is 0.675. The fraction of sp³-hybridized carbons (Fsp3) is 1.00. The molecule has 2 N–H and O–H groups in total. The first kappa shape index (κ1) is 10.0. The summed E-state index contributed by atoms with van der Waals surface area (Å²) in [4.78, 5) is 0. The summed E-state index contributed by atoms with van der Waals surface area (Å²) in [6.45, 7) is 6.95. The smallest absolute Gasteiger partial charge is 0.00645 e. The van der Waals surface area contributed by atoms with Crippen LogP contribution in [0.4, 0.5) is 0 Å². The molecule has 1 atom stereocenters. The first-order valence-electron chi connectivity index (χ1n) is 5.31. The largest absolute Gasteiger partial charge is 0.327 e. The summed E-state index contributed by atoms with van der Waals surface area (Å²) >= 11 is 0. The van der Waals surface area contributed by atoms with Gasteiger partial charge in [-0.3, -0.25) is 0 Å². The molecule has 0 saturated heterocycles. The van der Waals surface area contributed by atoms with Crippen molar-refractivity contribution in [3.63, 3.8) is 0 Å². The minimum absolute atomic E-state index is 0.459. The van der Waals surface area contributed by atoms with Crippen molar-refractivity contribution in [2.24, 2.45) is 17.1 Å². The number of hydrogen-bond donors (Lipinski definition) is 1. The van der Waals surface area contributed by atoms with Crippen LogP contribution >= 0.6 is 0 Å². The van der Waals surface area contributed by atoms with E-state index < -0.39 is 0 Å². The van der Waals surface area contributed by atoms with Gasteiger partial charge in [-0.1, -0.05) is 20.8 Å². The van der Waals surface area contributed by atoms with E-state index in [1.165, 1.54) is 25.7 Å². The molecule has 0 aliphatic heterocycles. The summed E-state index contributed by atoms with van der Waals surface area (Å²) < 4.78 is 0. The number of nitrogens with two attached hydrogens (primary N) is 1. The maximum atomic E-state index is 6.04. The van der Waals surface area contributed by atoms with Gasteiger partial charge >= 0.3 is 0 Å². The van der Waals surface area contributed by atoms with E-state index in [2.05, 4.69) is 20.8 Å². The minimum atomic E-state index is 0.459. The van der Waals surface area contributed by atoms with Crippen LogP contribution < -0.4 is 5.73 Å². The number of hydrogen-bond acceptors (Lipinski definition) is 1. The van der Waals surface area contributed by atoms with Gasteiger partial charge in [0.15, 0.2) is 0 Å². The van der Waals surface area contributed by atoms with Crippen molar-refractivity contribution in [3.8, 4) is 0 Å². The molecule has 0 bridgehead atoms. The van der Waals surface area contributed by atoms with Gasteiger partial charge in [0, 0.05) is 6.04 Å². The Labute approximate surface area is 76.7 Å². The van der Waals surface area contributed by atoms with Gasteiger partial charge in [-0.05, 0) is 43.4 Å². The fourth-order valence-electron chi connectivity index (χ4n) is 2.18. The molecule has 0 aromatic rings. The Morgan fingerprint density at radius 3 is 2.25 bits per heavy atom. The van der Waals surface area contributed by atoms with E-state index in [0.717, 1.165) is 12.3 Å². The Balaban J connectivity index is 2.36. The first-order chi connectivity index (χ1) is 5.55. The SMILES string of the molecule is CC[C@H](N)C1CCC(C)(C)CC1. The highest BCUT2D eigenvalue weighted by atomic mass is 14.6. The highest BCUT2D eigenvalue weighted by Crippen LogP contribution is 2.39. The van der Waals surface area contributed by atoms with Crippen LogP contribution in [-0.4, -0.2) is 6.04 Å². The third kappa shape index (κ3) is 2.48. The Morgan fingerprint density at radius 2 is 1.83 bits per heavy atom. The van der Waals surface area contributed by atoms with Crippen LogP contribution in [0.25, 0.3) is 0 Å². The van der Waals surface area contributed by atoms with Crippen molar-refractivity contribution < 1.29 is 0 Å². The van der Waals surface area contributed by atoms with Crippen LogP contribution in [0.3, 0.4) is 0 Å². The molecule has 1 aliphatic carbocycles. The predicted molar refractivity (Wildman–Crippen MR) is 54.0 cm³/mol. The molecule has 0 spiro atoms. The topological polar surface area (TPSA) is 26.0 Å². The summed E-state index contributed by atoms with van der Waals surface area (Å²) in [5, 5.41) is 0. The van der Waals surface area contributed by atoms with Gasteiger partial charge < -0.3 is 5.73 Å². The van der Waals surface area contributed by atoms with Crippen molar-refractivity contribution in [3.05, 3.63) is 0 Å². The van der Waals surface area contributed by atoms with E-state index in [1.54, 1.807) is 0 Å². The lowest BCUT2D eigenvalue weighted by molar-refractivity contribution is 0.172. The van der Waals surface area contributed by atoms with Crippen molar-refractivity contribution in [2.75, 3.05) is 0 Å². The lowest BCUT2D eigenvalue weighted by atomic mass is 9.71. The molecule has 1 nitrogen and oxygen atoms in total. The zero-order valence-electron chi connectivity index (χ0n) is 8.77. The van der Waals surface area contributed by atoms with Crippen LogP contribution in [0.1, 0.15) is 52.9 Å². The second-order valence-electron chi connectivity index (χ2n) is 5.07. The molecule has 1 aliphatic rings. The zero-order chi connectivity index (χ0) is 9.19. The monoisotopic (exact) mass is 169 g/mol. The van der Waals surface area contributed by atoms with Crippen LogP contribution in [0.15, 0.2) is 0 Å². The Morgan fingerprint density at radius 1 is 1.33 bits per heavy atom. The lowest BCUT2D eigenvalue weighted by Crippen LogP contribution is -2.34. The molecule has 1 rings (SSSR count). The molecule has 12 heavy (non-hydrogen) atoms. The van der Waals surface area contributed by atoms with Gasteiger partial charge in [-0.25, -0.2) is 0 Å². The van der Waals surface area contributed by atoms with Gasteiger partial charge in [-0.15, -0.1) is 0 Å². The lowest BCUT2D eigenvalue weighted by Gasteiger charge is -2.36. The summed E-state index contributed by atoms with van der Waals surface area (Å²) in [5.41, 5.74) is 6.62. The molecule has 0 amide bonds. The Bertz CT molecular complexity index is 130. The summed E-state index contributed by atoms with van der Waals surface area (Å²) in [5.74, 6) is 0.808. The third-order valence-electron chi connectivity index (χ3n) is 3.46. The zero-order valence-corrected chi connectivity index (χ0v) is 8.77. The standard InChI is InChI=1S/C11H23N/c1-4-10(12)9-5-7-11(2,3)8-6-9/h9-10H,4-8,12H2,1-3H3/t10-/m0/s1. The molecule has 0 heterocycles. The van der Waals surface area contributed by atoms with Gasteiger partial charge in [0.2, 0.25) is 0 Å². The maximum absolute atomic E-state index is 6.04. The van der Waals surface area contributed by atoms with Crippen LogP contribution in [0.5, 0.6) is 0 Å². The summed E-state index contributed by atoms with van der Waals surface area (Å²) in [7, 11) is 0. The van der Waals surface area contributed by atoms with Crippen LogP contribution in [0, 0.1) is 11.3 Å². The summed E-state index contributed by atoms with van der Waals surface area (Å²) in [6.07, 6.45) is 6.58. The highest BCUT2D eigenvalue weighted by Gasteiger charge is 2.28. The molecule has 72 valence electrons. The molecule has 1 heteroatoms. The molecule has 0 aromatic heterocycles. The maximum Gasteiger partial charge on any atom is 0.00645 e. The molecular formula is C11H23N. The Kier molecular flexibility index (Phi) is 3.16. The molecule has 0 radical (unpaired) electrons. The van der Waals surface area contributed by atoms with Crippen LogP contribution in [-0.2, 0) is 0 Å². The van der Waals surface area contributed by atoms with Crippen LogP contribution in [0.2, 0.25) is 0 Å². The molecule has 1 saturated carbocycles. The molecular weight excluding hydrogens is 146 g/mol. The van der Waals surface area contributed by atoms with Gasteiger partial charge in [0.1, 0.15) is 0 Å². The van der Waals surface area contributed by atoms with Crippen molar-refractivity contribution in [2.45, 2.75) is 58.9 Å². The number of rotatable bonds is 2. The van der Waals surface area contributed by atoms with E-state index in [9.17, 15) is 0 Å². The molecule has 0 aromatic carbocycles. The van der Waals surface area contributed by atoms with E-state index in [4.69, 9.17) is 5.73 Å². The van der Waals surface area contributed by atoms with Gasteiger partial charge in [0.25, 0.3) is 0 Å². The van der Waals surface area contributed by atoms with Gasteiger partial charge in [0.05, 0.1) is 0 Å². The molecule has 1 fully saturated rings. The first-order valence-corrected chi connectivity index (χ1v) is 5.31. The average molecular weight is 169 g/mol. The average Bonchev–Trinajstić information content (AvgIpc) is 2.03. The van der Waals surface area contributed by atoms with E-state index in [1.807, 2.05) is 0 Å². The highest BCUT2D eigenvalue weighted by molar-refractivity contribution is 4.82. The van der Waals surface area contributed by atoms with E-state index >= 15 is 0 Å². The van der Waals surface area contributed by atoms with E-state index in [0.29, 0.717) is 11.5 Å². The summed E-state index contributed by atoms with van der Waals surface area (Å²) in [6, 6.07) is 0.459. The van der Waals surface area contributed by atoms with Crippen molar-refractivity contribution in [1.29, 1.82) is 0 Å². The normalized spacial score (nSPS) is 27.0. The Hall–Kier alpha value is -0.0400. The predicted octanol–water partition coefficient (Wildman–Crippen LogP) is 2.94. The van der Waals surface area contributed by atoms with E-state index in [-0.39, 0.29) is 0 Å². The fourth-order valence-corrected chi connectivity index (χ4v) is 2.18. The van der Waals surface area contributed by atoms with Crippen molar-refractivity contribution in [1.82, 2.24) is 0 Å². The molecule has 0 unspecified atom stereocenters. The van der Waals surface area contributed by atoms with Gasteiger partial charge in [-0.2, -0.15) is 0 Å².